The molecule has 0 radical (unpaired) electrons. The van der Waals surface area contributed by atoms with Gasteiger partial charge in [0.25, 0.3) is 0 Å². The molecule has 2 unspecified atom stereocenters. The minimum absolute atomic E-state index is 0.0605. The molecular formula is C13H23N3O5. The number of amides is 3. The van der Waals surface area contributed by atoms with Crippen LogP contribution in [0, 0.1) is 11.8 Å². The standard InChI is InChI=1S/C13H23N3O5/c1-8(2)5-9(12(18)19)6-15-13(20)16-3-4-21-10(7-16)11(14)17/h8-10H,3-7H2,1-2H3,(H2,14,17)(H,15,20)(H,18,19). The van der Waals surface area contributed by atoms with E-state index in [-0.39, 0.29) is 25.6 Å². The fourth-order valence-corrected chi connectivity index (χ4v) is 2.17. The molecular weight excluding hydrogens is 278 g/mol. The quantitative estimate of drug-likeness (QED) is 0.618. The number of morpholine rings is 1. The topological polar surface area (TPSA) is 122 Å². The summed E-state index contributed by atoms with van der Waals surface area (Å²) < 4.78 is 5.15. The number of ether oxygens (including phenoxy) is 1. The molecule has 0 spiro atoms. The van der Waals surface area contributed by atoms with Crippen LogP contribution in [0.4, 0.5) is 4.79 Å². The number of carboxylic acid groups (broad SMARTS) is 1. The van der Waals surface area contributed by atoms with Crippen LogP contribution in [-0.2, 0) is 14.3 Å². The third-order valence-corrected chi connectivity index (χ3v) is 3.28. The molecule has 120 valence electrons. The predicted molar refractivity (Wildman–Crippen MR) is 74.5 cm³/mol. The molecule has 3 amide bonds. The number of primary amides is 1. The van der Waals surface area contributed by atoms with Gasteiger partial charge in [0.1, 0.15) is 0 Å². The Morgan fingerprint density at radius 3 is 2.62 bits per heavy atom. The van der Waals surface area contributed by atoms with Crippen LogP contribution in [0.3, 0.4) is 0 Å². The summed E-state index contributed by atoms with van der Waals surface area (Å²) >= 11 is 0. The summed E-state index contributed by atoms with van der Waals surface area (Å²) in [5.74, 6) is -1.94. The highest BCUT2D eigenvalue weighted by Crippen LogP contribution is 2.11. The smallest absolute Gasteiger partial charge is 0.317 e. The molecule has 1 aliphatic rings. The first-order valence-electron chi connectivity index (χ1n) is 6.97. The van der Waals surface area contributed by atoms with Gasteiger partial charge in [0.15, 0.2) is 6.10 Å². The molecule has 1 fully saturated rings. The summed E-state index contributed by atoms with van der Waals surface area (Å²) in [6, 6.07) is -0.403. The van der Waals surface area contributed by atoms with Gasteiger partial charge in [-0.1, -0.05) is 13.8 Å². The van der Waals surface area contributed by atoms with Crippen LogP contribution in [0.25, 0.3) is 0 Å². The molecule has 2 atom stereocenters. The molecule has 0 saturated carbocycles. The molecule has 0 aromatic rings. The van der Waals surface area contributed by atoms with Crippen molar-refractivity contribution >= 4 is 17.9 Å². The van der Waals surface area contributed by atoms with Gasteiger partial charge in [0, 0.05) is 13.1 Å². The molecule has 1 rings (SSSR count). The second kappa shape index (κ2) is 7.82. The Morgan fingerprint density at radius 1 is 1.43 bits per heavy atom. The summed E-state index contributed by atoms with van der Waals surface area (Å²) in [5.41, 5.74) is 5.15. The molecule has 4 N–H and O–H groups in total. The number of carboxylic acids is 1. The number of carbonyl (C=O) groups is 3. The van der Waals surface area contributed by atoms with Crippen LogP contribution in [0.5, 0.6) is 0 Å². The molecule has 0 bridgehead atoms. The number of nitrogens with one attached hydrogen (secondary N) is 1. The first-order chi connectivity index (χ1) is 9.81. The summed E-state index contributed by atoms with van der Waals surface area (Å²) in [7, 11) is 0. The van der Waals surface area contributed by atoms with E-state index in [2.05, 4.69) is 5.32 Å². The van der Waals surface area contributed by atoms with Gasteiger partial charge < -0.3 is 25.8 Å². The third-order valence-electron chi connectivity index (χ3n) is 3.28. The van der Waals surface area contributed by atoms with Gasteiger partial charge in [-0.15, -0.1) is 0 Å². The number of carbonyl (C=O) groups excluding carboxylic acids is 2. The van der Waals surface area contributed by atoms with E-state index in [0.717, 1.165) is 0 Å². The highest BCUT2D eigenvalue weighted by Gasteiger charge is 2.28. The summed E-state index contributed by atoms with van der Waals surface area (Å²) in [6.45, 7) is 4.58. The average molecular weight is 301 g/mol. The van der Waals surface area contributed by atoms with E-state index in [1.807, 2.05) is 13.8 Å². The number of hydrogen-bond acceptors (Lipinski definition) is 4. The molecule has 8 nitrogen and oxygen atoms in total. The largest absolute Gasteiger partial charge is 0.481 e. The summed E-state index contributed by atoms with van der Waals surface area (Å²) in [4.78, 5) is 35.6. The lowest BCUT2D eigenvalue weighted by Crippen LogP contribution is -2.53. The van der Waals surface area contributed by atoms with Crippen molar-refractivity contribution in [2.45, 2.75) is 26.4 Å². The monoisotopic (exact) mass is 301 g/mol. The number of urea groups is 1. The van der Waals surface area contributed by atoms with E-state index in [1.54, 1.807) is 0 Å². The highest BCUT2D eigenvalue weighted by atomic mass is 16.5. The summed E-state index contributed by atoms with van der Waals surface area (Å²) in [6.07, 6.45) is -0.321. The lowest BCUT2D eigenvalue weighted by Gasteiger charge is -2.31. The van der Waals surface area contributed by atoms with E-state index in [0.29, 0.717) is 13.0 Å². The predicted octanol–water partition coefficient (Wildman–Crippen LogP) is -0.371. The van der Waals surface area contributed by atoms with Crippen LogP contribution in [-0.4, -0.2) is 60.3 Å². The van der Waals surface area contributed by atoms with Crippen molar-refractivity contribution in [1.82, 2.24) is 10.2 Å². The Kier molecular flexibility index (Phi) is 6.41. The van der Waals surface area contributed by atoms with Crippen molar-refractivity contribution in [3.8, 4) is 0 Å². The first-order valence-corrected chi connectivity index (χ1v) is 6.97. The van der Waals surface area contributed by atoms with Crippen LogP contribution >= 0.6 is 0 Å². The lowest BCUT2D eigenvalue weighted by atomic mass is 9.97. The van der Waals surface area contributed by atoms with E-state index in [1.165, 1.54) is 4.90 Å². The van der Waals surface area contributed by atoms with Crippen molar-refractivity contribution < 1.29 is 24.2 Å². The second-order valence-corrected chi connectivity index (χ2v) is 5.56. The highest BCUT2D eigenvalue weighted by molar-refractivity contribution is 5.81. The molecule has 1 heterocycles. The molecule has 0 aliphatic carbocycles. The van der Waals surface area contributed by atoms with Crippen molar-refractivity contribution in [1.29, 1.82) is 0 Å². The van der Waals surface area contributed by atoms with Gasteiger partial charge in [-0.05, 0) is 12.3 Å². The zero-order valence-electron chi connectivity index (χ0n) is 12.4. The average Bonchev–Trinajstić information content (AvgIpc) is 2.42. The van der Waals surface area contributed by atoms with Gasteiger partial charge in [-0.3, -0.25) is 9.59 Å². The third kappa shape index (κ3) is 5.58. The van der Waals surface area contributed by atoms with Crippen molar-refractivity contribution in [2.24, 2.45) is 17.6 Å². The van der Waals surface area contributed by atoms with Crippen LogP contribution < -0.4 is 11.1 Å². The maximum Gasteiger partial charge on any atom is 0.317 e. The lowest BCUT2D eigenvalue weighted by molar-refractivity contribution is -0.142. The Labute approximate surface area is 123 Å². The SMILES string of the molecule is CC(C)CC(CNC(=O)N1CCOC(C(N)=O)C1)C(=O)O. The van der Waals surface area contributed by atoms with Crippen LogP contribution in [0.1, 0.15) is 20.3 Å². The van der Waals surface area contributed by atoms with Crippen LogP contribution in [0.15, 0.2) is 0 Å². The van der Waals surface area contributed by atoms with Gasteiger partial charge in [-0.25, -0.2) is 4.79 Å². The Balaban J connectivity index is 2.48. The van der Waals surface area contributed by atoms with Crippen LogP contribution in [0.2, 0.25) is 0 Å². The molecule has 21 heavy (non-hydrogen) atoms. The fraction of sp³-hybridized carbons (Fsp3) is 0.769. The van der Waals surface area contributed by atoms with Crippen molar-refractivity contribution in [3.05, 3.63) is 0 Å². The van der Waals surface area contributed by atoms with Crippen molar-refractivity contribution in [2.75, 3.05) is 26.2 Å². The zero-order valence-corrected chi connectivity index (χ0v) is 12.4. The van der Waals surface area contributed by atoms with E-state index in [9.17, 15) is 14.4 Å². The molecule has 0 aromatic heterocycles. The number of aliphatic carboxylic acids is 1. The second-order valence-electron chi connectivity index (χ2n) is 5.56. The van der Waals surface area contributed by atoms with Gasteiger partial charge in [0.05, 0.1) is 19.1 Å². The maximum atomic E-state index is 12.0. The normalized spacial score (nSPS) is 20.1. The van der Waals surface area contributed by atoms with Crippen molar-refractivity contribution in [3.63, 3.8) is 0 Å². The minimum atomic E-state index is -0.930. The number of rotatable bonds is 6. The Bertz CT molecular complexity index is 399. The van der Waals surface area contributed by atoms with Gasteiger partial charge in [0.2, 0.25) is 5.91 Å². The first kappa shape index (κ1) is 17.2. The summed E-state index contributed by atoms with van der Waals surface area (Å²) in [5, 5.41) is 11.7. The number of nitrogens with zero attached hydrogens (tertiary/aromatic N) is 1. The van der Waals surface area contributed by atoms with Gasteiger partial charge >= 0.3 is 12.0 Å². The fourth-order valence-electron chi connectivity index (χ4n) is 2.17. The molecule has 0 aromatic carbocycles. The maximum absolute atomic E-state index is 12.0. The molecule has 1 saturated heterocycles. The van der Waals surface area contributed by atoms with E-state index in [4.69, 9.17) is 15.6 Å². The molecule has 1 aliphatic heterocycles. The van der Waals surface area contributed by atoms with Gasteiger partial charge in [-0.2, -0.15) is 0 Å². The number of hydrogen-bond donors (Lipinski definition) is 3. The van der Waals surface area contributed by atoms with E-state index < -0.39 is 29.9 Å². The zero-order chi connectivity index (χ0) is 16.0. The minimum Gasteiger partial charge on any atom is -0.481 e. The molecule has 8 heteroatoms. The Morgan fingerprint density at radius 2 is 2.10 bits per heavy atom. The van der Waals surface area contributed by atoms with E-state index >= 15 is 0 Å². The number of nitrogens with two attached hydrogens (primary N) is 1. The Hall–Kier alpha value is -1.83.